The highest BCUT2D eigenvalue weighted by molar-refractivity contribution is 5.77. The molecule has 22 heavy (non-hydrogen) atoms. The fraction of sp³-hybridized carbons (Fsp3) is 0.611. The lowest BCUT2D eigenvalue weighted by Gasteiger charge is -2.24. The molecule has 0 aromatic heterocycles. The van der Waals surface area contributed by atoms with Gasteiger partial charge < -0.3 is 14.2 Å². The van der Waals surface area contributed by atoms with E-state index >= 15 is 0 Å². The topological polar surface area (TPSA) is 44.8 Å². The molecule has 4 nitrogen and oxygen atoms in total. The Hall–Kier alpha value is -1.71. The van der Waals surface area contributed by atoms with E-state index in [2.05, 4.69) is 0 Å². The van der Waals surface area contributed by atoms with Crippen molar-refractivity contribution in [2.45, 2.75) is 44.6 Å². The van der Waals surface area contributed by atoms with Crippen LogP contribution in [0.25, 0.3) is 0 Å². The Kier molecular flexibility index (Phi) is 4.27. The molecule has 2 aliphatic rings. The molecule has 2 saturated carbocycles. The first kappa shape index (κ1) is 15.2. The van der Waals surface area contributed by atoms with Crippen LogP contribution in [0.15, 0.2) is 18.2 Å². The molecule has 3 rings (SSSR count). The maximum atomic E-state index is 11.7. The summed E-state index contributed by atoms with van der Waals surface area (Å²) in [6.07, 6.45) is 5.35. The molecule has 4 atom stereocenters. The quantitative estimate of drug-likeness (QED) is 0.781. The van der Waals surface area contributed by atoms with Crippen molar-refractivity contribution in [3.05, 3.63) is 23.8 Å². The molecule has 4 unspecified atom stereocenters. The molecule has 1 aromatic rings. The average Bonchev–Trinajstić information content (AvgIpc) is 3.16. The third-order valence-electron chi connectivity index (χ3n) is 5.19. The standard InChI is InChI=1S/C18H24O4/c1-11(18(19)21-3)13-6-7-15(20-2)17(10-13)22-16-9-12-4-5-14(16)8-12/h6-7,10-12,14,16H,4-5,8-9H2,1-3H3. The molecule has 0 heterocycles. The predicted molar refractivity (Wildman–Crippen MR) is 83.3 cm³/mol. The van der Waals surface area contributed by atoms with E-state index in [1.165, 1.54) is 26.4 Å². The lowest BCUT2D eigenvalue weighted by Crippen LogP contribution is -2.23. The van der Waals surface area contributed by atoms with Gasteiger partial charge in [0.25, 0.3) is 0 Å². The Labute approximate surface area is 131 Å². The zero-order valence-corrected chi connectivity index (χ0v) is 13.5. The Morgan fingerprint density at radius 3 is 2.59 bits per heavy atom. The van der Waals surface area contributed by atoms with E-state index in [0.717, 1.165) is 29.4 Å². The van der Waals surface area contributed by atoms with E-state index in [-0.39, 0.29) is 18.0 Å². The molecule has 0 N–H and O–H groups in total. The number of hydrogen-bond acceptors (Lipinski definition) is 4. The molecule has 120 valence electrons. The maximum absolute atomic E-state index is 11.7. The summed E-state index contributed by atoms with van der Waals surface area (Å²) in [5.74, 6) is 2.43. The van der Waals surface area contributed by atoms with Crippen LogP contribution in [0.2, 0.25) is 0 Å². The van der Waals surface area contributed by atoms with Crippen LogP contribution < -0.4 is 9.47 Å². The third-order valence-corrected chi connectivity index (χ3v) is 5.19. The minimum atomic E-state index is -0.307. The summed E-state index contributed by atoms with van der Waals surface area (Å²) in [5.41, 5.74) is 0.894. The third kappa shape index (κ3) is 2.79. The highest BCUT2D eigenvalue weighted by Crippen LogP contribution is 2.47. The van der Waals surface area contributed by atoms with Gasteiger partial charge in [-0.05, 0) is 62.1 Å². The second-order valence-corrected chi connectivity index (χ2v) is 6.49. The molecule has 2 fully saturated rings. The van der Waals surface area contributed by atoms with Crippen molar-refractivity contribution >= 4 is 5.97 Å². The number of fused-ring (bicyclic) bond motifs is 2. The van der Waals surface area contributed by atoms with Gasteiger partial charge in [0.1, 0.15) is 6.10 Å². The highest BCUT2D eigenvalue weighted by atomic mass is 16.5. The summed E-state index contributed by atoms with van der Waals surface area (Å²) in [5, 5.41) is 0. The van der Waals surface area contributed by atoms with Crippen LogP contribution in [-0.2, 0) is 9.53 Å². The van der Waals surface area contributed by atoms with Gasteiger partial charge in [0.15, 0.2) is 11.5 Å². The first-order valence-corrected chi connectivity index (χ1v) is 8.04. The smallest absolute Gasteiger partial charge is 0.312 e. The van der Waals surface area contributed by atoms with E-state index in [9.17, 15) is 4.79 Å². The first-order valence-electron chi connectivity index (χ1n) is 8.04. The van der Waals surface area contributed by atoms with Crippen molar-refractivity contribution in [1.29, 1.82) is 0 Å². The Bertz CT molecular complexity index is 554. The van der Waals surface area contributed by atoms with Gasteiger partial charge >= 0.3 is 5.97 Å². The molecule has 1 aromatic carbocycles. The molecular weight excluding hydrogens is 280 g/mol. The zero-order chi connectivity index (χ0) is 15.7. The van der Waals surface area contributed by atoms with Crippen molar-refractivity contribution in [1.82, 2.24) is 0 Å². The van der Waals surface area contributed by atoms with Gasteiger partial charge in [-0.1, -0.05) is 6.07 Å². The molecule has 0 aliphatic heterocycles. The van der Waals surface area contributed by atoms with Crippen LogP contribution in [0, 0.1) is 11.8 Å². The largest absolute Gasteiger partial charge is 0.493 e. The van der Waals surface area contributed by atoms with Crippen molar-refractivity contribution in [2.24, 2.45) is 11.8 Å². The molecule has 0 amide bonds. The van der Waals surface area contributed by atoms with Gasteiger partial charge in [0, 0.05) is 0 Å². The molecule has 0 radical (unpaired) electrons. The van der Waals surface area contributed by atoms with Gasteiger partial charge in [-0.25, -0.2) is 0 Å². The van der Waals surface area contributed by atoms with E-state index in [1.54, 1.807) is 7.11 Å². The van der Waals surface area contributed by atoms with Gasteiger partial charge in [-0.15, -0.1) is 0 Å². The summed E-state index contributed by atoms with van der Waals surface area (Å²) in [6, 6.07) is 5.69. The number of hydrogen-bond donors (Lipinski definition) is 0. The van der Waals surface area contributed by atoms with E-state index in [4.69, 9.17) is 14.2 Å². The number of esters is 1. The highest BCUT2D eigenvalue weighted by Gasteiger charge is 2.41. The van der Waals surface area contributed by atoms with Gasteiger partial charge in [-0.3, -0.25) is 4.79 Å². The Morgan fingerprint density at radius 1 is 1.18 bits per heavy atom. The van der Waals surface area contributed by atoms with E-state index in [0.29, 0.717) is 5.92 Å². The minimum Gasteiger partial charge on any atom is -0.493 e. The SMILES string of the molecule is COC(=O)C(C)c1ccc(OC)c(OC2CC3CCC2C3)c1. The summed E-state index contributed by atoms with van der Waals surface area (Å²) in [4.78, 5) is 11.7. The minimum absolute atomic E-state index is 0.240. The van der Waals surface area contributed by atoms with Crippen LogP contribution in [0.1, 0.15) is 44.1 Å². The number of ether oxygens (including phenoxy) is 3. The number of methoxy groups -OCH3 is 2. The lowest BCUT2D eigenvalue weighted by molar-refractivity contribution is -0.141. The summed E-state index contributed by atoms with van der Waals surface area (Å²) < 4.78 is 16.5. The molecule has 2 bridgehead atoms. The second-order valence-electron chi connectivity index (χ2n) is 6.49. The fourth-order valence-corrected chi connectivity index (χ4v) is 3.86. The molecule has 2 aliphatic carbocycles. The Balaban J connectivity index is 1.80. The monoisotopic (exact) mass is 304 g/mol. The fourth-order valence-electron chi connectivity index (χ4n) is 3.86. The zero-order valence-electron chi connectivity index (χ0n) is 13.5. The van der Waals surface area contributed by atoms with Crippen molar-refractivity contribution in [3.8, 4) is 11.5 Å². The predicted octanol–water partition coefficient (Wildman–Crippen LogP) is 3.54. The number of carbonyl (C=O) groups is 1. The van der Waals surface area contributed by atoms with Crippen LogP contribution in [0.4, 0.5) is 0 Å². The second kappa shape index (κ2) is 6.19. The number of carbonyl (C=O) groups excluding carboxylic acids is 1. The van der Waals surface area contributed by atoms with Gasteiger partial charge in [0.05, 0.1) is 20.1 Å². The summed E-state index contributed by atoms with van der Waals surface area (Å²) in [7, 11) is 3.06. The van der Waals surface area contributed by atoms with Crippen LogP contribution in [0.3, 0.4) is 0 Å². The number of benzene rings is 1. The van der Waals surface area contributed by atoms with E-state index in [1.807, 2.05) is 25.1 Å². The van der Waals surface area contributed by atoms with Crippen molar-refractivity contribution in [2.75, 3.05) is 14.2 Å². The normalized spacial score (nSPS) is 27.5. The van der Waals surface area contributed by atoms with Crippen LogP contribution in [0.5, 0.6) is 11.5 Å². The van der Waals surface area contributed by atoms with Crippen molar-refractivity contribution < 1.29 is 19.0 Å². The molecule has 4 heteroatoms. The average molecular weight is 304 g/mol. The lowest BCUT2D eigenvalue weighted by atomic mass is 9.97. The van der Waals surface area contributed by atoms with Crippen molar-refractivity contribution in [3.63, 3.8) is 0 Å². The molecule has 0 spiro atoms. The number of rotatable bonds is 5. The molecular formula is C18H24O4. The maximum Gasteiger partial charge on any atom is 0.312 e. The Morgan fingerprint density at radius 2 is 2.00 bits per heavy atom. The van der Waals surface area contributed by atoms with Crippen LogP contribution in [-0.4, -0.2) is 26.3 Å². The molecule has 0 saturated heterocycles. The van der Waals surface area contributed by atoms with Crippen LogP contribution >= 0.6 is 0 Å². The first-order chi connectivity index (χ1) is 10.6. The van der Waals surface area contributed by atoms with E-state index < -0.39 is 0 Å². The summed E-state index contributed by atoms with van der Waals surface area (Å²) >= 11 is 0. The summed E-state index contributed by atoms with van der Waals surface area (Å²) in [6.45, 7) is 1.84. The van der Waals surface area contributed by atoms with Gasteiger partial charge in [-0.2, -0.15) is 0 Å². The van der Waals surface area contributed by atoms with Gasteiger partial charge in [0.2, 0.25) is 0 Å².